The van der Waals surface area contributed by atoms with Crippen LogP contribution in [0.4, 0.5) is 17.1 Å². The molecule has 0 fully saturated rings. The first-order valence-corrected chi connectivity index (χ1v) is 11.6. The van der Waals surface area contributed by atoms with E-state index in [0.29, 0.717) is 28.1 Å². The van der Waals surface area contributed by atoms with Gasteiger partial charge in [0.25, 0.3) is 5.91 Å². The van der Waals surface area contributed by atoms with Crippen LogP contribution in [-0.2, 0) is 14.3 Å². The van der Waals surface area contributed by atoms with Crippen LogP contribution in [-0.4, -0.2) is 45.0 Å². The minimum Gasteiger partial charge on any atom is -0.465 e. The average molecular weight is 485 g/mol. The summed E-state index contributed by atoms with van der Waals surface area (Å²) in [4.78, 5) is 39.0. The van der Waals surface area contributed by atoms with E-state index in [-0.39, 0.29) is 18.4 Å². The third kappa shape index (κ3) is 5.13. The summed E-state index contributed by atoms with van der Waals surface area (Å²) < 4.78 is 4.80. The number of hydrogen-bond acceptors (Lipinski definition) is 6. The molecule has 1 aliphatic heterocycles. The Kier molecular flexibility index (Phi) is 7.46. The van der Waals surface area contributed by atoms with Crippen molar-refractivity contribution >= 4 is 46.1 Å². The molecular weight excluding hydrogens is 456 g/mol. The van der Waals surface area contributed by atoms with Crippen molar-refractivity contribution < 1.29 is 19.1 Å². The topological polar surface area (TPSA) is 99.8 Å². The standard InChI is InChI=1S/C28H28N4O4/c1-4-29-17-24(33)32(2)21-13-11-20(12-14-21)30-26(18-8-6-5-7-9-18)25-22-15-10-19(28(35)36-3)16-23(22)31-27(25)34/h5-16,29-30H,4,17H2,1-3H3,(H,31,34). The van der Waals surface area contributed by atoms with Gasteiger partial charge in [0.15, 0.2) is 0 Å². The molecule has 3 N–H and O–H groups in total. The van der Waals surface area contributed by atoms with Crippen LogP contribution in [0.3, 0.4) is 0 Å². The Balaban J connectivity index is 1.70. The van der Waals surface area contributed by atoms with Crippen molar-refractivity contribution in [3.63, 3.8) is 0 Å². The molecule has 0 radical (unpaired) electrons. The van der Waals surface area contributed by atoms with Crippen molar-refractivity contribution in [1.29, 1.82) is 0 Å². The number of nitrogens with one attached hydrogen (secondary N) is 3. The highest BCUT2D eigenvalue weighted by atomic mass is 16.5. The predicted octanol–water partition coefficient (Wildman–Crippen LogP) is 3.98. The maximum atomic E-state index is 13.1. The van der Waals surface area contributed by atoms with Crippen molar-refractivity contribution in [2.45, 2.75) is 6.92 Å². The van der Waals surface area contributed by atoms with Gasteiger partial charge in [-0.05, 0) is 48.5 Å². The summed E-state index contributed by atoms with van der Waals surface area (Å²) in [6, 6.07) is 22.0. The Morgan fingerprint density at radius 3 is 2.36 bits per heavy atom. The van der Waals surface area contributed by atoms with E-state index < -0.39 is 5.97 Å². The molecule has 2 amide bonds. The van der Waals surface area contributed by atoms with Crippen LogP contribution in [0.15, 0.2) is 72.8 Å². The van der Waals surface area contributed by atoms with E-state index in [1.807, 2.05) is 61.5 Å². The number of carbonyl (C=O) groups excluding carboxylic acids is 3. The second-order valence-electron chi connectivity index (χ2n) is 8.23. The van der Waals surface area contributed by atoms with Crippen LogP contribution in [0.5, 0.6) is 0 Å². The molecule has 1 aliphatic rings. The van der Waals surface area contributed by atoms with E-state index in [9.17, 15) is 14.4 Å². The summed E-state index contributed by atoms with van der Waals surface area (Å²) in [7, 11) is 3.06. The van der Waals surface area contributed by atoms with Crippen LogP contribution >= 0.6 is 0 Å². The van der Waals surface area contributed by atoms with Crippen LogP contribution in [0.25, 0.3) is 11.3 Å². The summed E-state index contributed by atoms with van der Waals surface area (Å²) in [6.45, 7) is 2.94. The van der Waals surface area contributed by atoms with Crippen LogP contribution in [0, 0.1) is 0 Å². The normalized spacial score (nSPS) is 13.5. The van der Waals surface area contributed by atoms with E-state index in [2.05, 4.69) is 16.0 Å². The Labute approximate surface area is 210 Å². The molecule has 8 nitrogen and oxygen atoms in total. The smallest absolute Gasteiger partial charge is 0.337 e. The summed E-state index contributed by atoms with van der Waals surface area (Å²) in [6.07, 6.45) is 0. The van der Waals surface area contributed by atoms with E-state index in [0.717, 1.165) is 23.5 Å². The average Bonchev–Trinajstić information content (AvgIpc) is 3.24. The second-order valence-corrected chi connectivity index (χ2v) is 8.23. The second kappa shape index (κ2) is 10.9. The summed E-state index contributed by atoms with van der Waals surface area (Å²) in [5.74, 6) is -0.779. The fraction of sp³-hybridized carbons (Fsp3) is 0.179. The summed E-state index contributed by atoms with van der Waals surface area (Å²) >= 11 is 0. The van der Waals surface area contributed by atoms with Gasteiger partial charge in [0, 0.05) is 24.0 Å². The third-order valence-electron chi connectivity index (χ3n) is 5.92. The highest BCUT2D eigenvalue weighted by molar-refractivity contribution is 6.37. The number of ether oxygens (including phenoxy) is 1. The van der Waals surface area contributed by atoms with Crippen LogP contribution < -0.4 is 20.9 Å². The molecule has 3 aromatic carbocycles. The van der Waals surface area contributed by atoms with Crippen molar-refractivity contribution in [1.82, 2.24) is 5.32 Å². The van der Waals surface area contributed by atoms with E-state index in [1.165, 1.54) is 7.11 Å². The van der Waals surface area contributed by atoms with Gasteiger partial charge < -0.3 is 25.6 Å². The summed E-state index contributed by atoms with van der Waals surface area (Å²) in [5, 5.41) is 9.30. The van der Waals surface area contributed by atoms with E-state index in [1.54, 1.807) is 30.1 Å². The minimum atomic E-state index is -0.472. The Morgan fingerprint density at radius 1 is 0.972 bits per heavy atom. The van der Waals surface area contributed by atoms with Crippen molar-refractivity contribution in [2.75, 3.05) is 42.8 Å². The molecule has 36 heavy (non-hydrogen) atoms. The molecule has 0 saturated carbocycles. The SMILES string of the molecule is CCNCC(=O)N(C)c1ccc(NC(=C2C(=O)Nc3cc(C(=O)OC)ccc32)c2ccccc2)cc1. The first kappa shape index (κ1) is 24.7. The lowest BCUT2D eigenvalue weighted by Gasteiger charge is -2.19. The number of fused-ring (bicyclic) bond motifs is 1. The maximum absolute atomic E-state index is 13.1. The number of amides is 2. The molecule has 0 unspecified atom stereocenters. The zero-order chi connectivity index (χ0) is 25.7. The minimum absolute atomic E-state index is 0.0322. The van der Waals surface area contributed by atoms with Gasteiger partial charge in [0.1, 0.15) is 0 Å². The largest absolute Gasteiger partial charge is 0.465 e. The Bertz CT molecular complexity index is 1320. The lowest BCUT2D eigenvalue weighted by Crippen LogP contribution is -2.35. The number of nitrogens with zero attached hydrogens (tertiary/aromatic N) is 1. The molecule has 0 aromatic heterocycles. The Morgan fingerprint density at radius 2 is 1.69 bits per heavy atom. The molecular formula is C28H28N4O4. The van der Waals surface area contributed by atoms with E-state index in [4.69, 9.17) is 4.74 Å². The molecule has 4 rings (SSSR count). The van der Waals surface area contributed by atoms with Gasteiger partial charge in [-0.3, -0.25) is 9.59 Å². The maximum Gasteiger partial charge on any atom is 0.337 e. The van der Waals surface area contributed by atoms with Gasteiger partial charge in [-0.25, -0.2) is 4.79 Å². The number of methoxy groups -OCH3 is 1. The van der Waals surface area contributed by atoms with Crippen LogP contribution in [0.1, 0.15) is 28.4 Å². The van der Waals surface area contributed by atoms with Crippen molar-refractivity contribution in [3.8, 4) is 0 Å². The molecule has 184 valence electrons. The number of likely N-dealkylation sites (N-methyl/N-ethyl adjacent to an activating group) is 2. The Hall–Kier alpha value is -4.43. The quantitative estimate of drug-likeness (QED) is 0.330. The molecule has 0 bridgehead atoms. The van der Waals surface area contributed by atoms with Crippen molar-refractivity contribution in [2.24, 2.45) is 0 Å². The highest BCUT2D eigenvalue weighted by Gasteiger charge is 2.29. The number of hydrogen-bond donors (Lipinski definition) is 3. The first-order chi connectivity index (χ1) is 17.4. The monoisotopic (exact) mass is 484 g/mol. The predicted molar refractivity (Wildman–Crippen MR) is 142 cm³/mol. The van der Waals surface area contributed by atoms with Gasteiger partial charge in [0.2, 0.25) is 5.91 Å². The number of carbonyl (C=O) groups is 3. The fourth-order valence-electron chi connectivity index (χ4n) is 3.96. The van der Waals surface area contributed by atoms with Crippen LogP contribution in [0.2, 0.25) is 0 Å². The zero-order valence-corrected chi connectivity index (χ0v) is 20.4. The number of anilines is 3. The molecule has 0 spiro atoms. The van der Waals surface area contributed by atoms with Gasteiger partial charge >= 0.3 is 5.97 Å². The third-order valence-corrected chi connectivity index (χ3v) is 5.92. The van der Waals surface area contributed by atoms with Gasteiger partial charge in [0.05, 0.1) is 36.2 Å². The lowest BCUT2D eigenvalue weighted by molar-refractivity contribution is -0.117. The number of benzene rings is 3. The molecule has 1 heterocycles. The van der Waals surface area contributed by atoms with Gasteiger partial charge in [-0.15, -0.1) is 0 Å². The molecule has 0 saturated heterocycles. The molecule has 0 aliphatic carbocycles. The fourth-order valence-corrected chi connectivity index (χ4v) is 3.96. The highest BCUT2D eigenvalue weighted by Crippen LogP contribution is 2.38. The molecule has 8 heteroatoms. The van der Waals surface area contributed by atoms with Gasteiger partial charge in [-0.2, -0.15) is 0 Å². The number of rotatable bonds is 8. The van der Waals surface area contributed by atoms with E-state index >= 15 is 0 Å². The molecule has 0 atom stereocenters. The van der Waals surface area contributed by atoms with Crippen molar-refractivity contribution in [3.05, 3.63) is 89.5 Å². The lowest BCUT2D eigenvalue weighted by atomic mass is 9.99. The first-order valence-electron chi connectivity index (χ1n) is 11.6. The zero-order valence-electron chi connectivity index (χ0n) is 20.4. The molecule has 3 aromatic rings. The van der Waals surface area contributed by atoms with Gasteiger partial charge in [-0.1, -0.05) is 43.3 Å². The number of esters is 1. The summed E-state index contributed by atoms with van der Waals surface area (Å²) in [5.41, 5.74) is 5.03.